The number of benzene rings is 1. The molecule has 0 fully saturated rings. The first-order chi connectivity index (χ1) is 12.5. The molecule has 0 atom stereocenters. The van der Waals surface area contributed by atoms with E-state index in [2.05, 4.69) is 9.97 Å². The average molecular weight is 378 g/mol. The minimum Gasteiger partial charge on any atom is -0.461 e. The zero-order chi connectivity index (χ0) is 18.3. The van der Waals surface area contributed by atoms with Crippen LogP contribution in [0.2, 0.25) is 5.02 Å². The molecule has 3 heterocycles. The third kappa shape index (κ3) is 3.04. The fourth-order valence-electron chi connectivity index (χ4n) is 3.08. The number of fused-ring (bicyclic) bond motifs is 1. The molecule has 2 aromatic heterocycles. The first-order valence-electron chi connectivity index (χ1n) is 8.03. The van der Waals surface area contributed by atoms with Crippen molar-refractivity contribution in [2.24, 2.45) is 0 Å². The molecule has 0 saturated heterocycles. The molecule has 134 valence electrons. The van der Waals surface area contributed by atoms with Gasteiger partial charge in [-0.25, -0.2) is 13.8 Å². The summed E-state index contributed by atoms with van der Waals surface area (Å²) in [5.74, 6) is -0.363. The first kappa shape index (κ1) is 16.9. The van der Waals surface area contributed by atoms with Crippen LogP contribution in [-0.2, 0) is 19.5 Å². The Bertz CT molecular complexity index is 1020. The van der Waals surface area contributed by atoms with Gasteiger partial charge in [-0.2, -0.15) is 0 Å². The zero-order valence-corrected chi connectivity index (χ0v) is 14.3. The van der Waals surface area contributed by atoms with Crippen molar-refractivity contribution in [1.29, 1.82) is 0 Å². The third-order valence-corrected chi connectivity index (χ3v) is 4.83. The van der Waals surface area contributed by atoms with E-state index < -0.39 is 11.6 Å². The maximum Gasteiger partial charge on any atom is 0.256 e. The van der Waals surface area contributed by atoms with Crippen LogP contribution < -0.4 is 5.56 Å². The zero-order valence-electron chi connectivity index (χ0n) is 13.6. The predicted octanol–water partition coefficient (Wildman–Crippen LogP) is 3.52. The molecule has 26 heavy (non-hydrogen) atoms. The van der Waals surface area contributed by atoms with Gasteiger partial charge in [0.1, 0.15) is 11.6 Å². The van der Waals surface area contributed by atoms with Gasteiger partial charge in [0.25, 0.3) is 5.56 Å². The Morgan fingerprint density at radius 3 is 2.85 bits per heavy atom. The summed E-state index contributed by atoms with van der Waals surface area (Å²) in [5.41, 5.74) is 1.02. The Kier molecular flexibility index (Phi) is 4.34. The summed E-state index contributed by atoms with van der Waals surface area (Å²) < 4.78 is 32.9. The van der Waals surface area contributed by atoms with Crippen molar-refractivity contribution in [3.05, 3.63) is 74.4 Å². The van der Waals surface area contributed by atoms with E-state index in [-0.39, 0.29) is 29.2 Å². The van der Waals surface area contributed by atoms with Gasteiger partial charge in [-0.3, -0.25) is 9.69 Å². The standard InChI is InChI=1S/C18H14ClF2N3O2/c19-16-10(12(20)3-4-13(16)21)8-24-6-5-14-11(9-24)18(25)23-17(22-14)15-2-1-7-26-15/h1-4,7H,5-6,8-9H2,(H,22,23,25). The van der Waals surface area contributed by atoms with Gasteiger partial charge in [-0.15, -0.1) is 0 Å². The number of nitrogens with zero attached hydrogens (tertiary/aromatic N) is 2. The Morgan fingerprint density at radius 1 is 1.27 bits per heavy atom. The molecule has 8 heteroatoms. The largest absolute Gasteiger partial charge is 0.461 e. The molecule has 1 aliphatic heterocycles. The summed E-state index contributed by atoms with van der Waals surface area (Å²) in [6.45, 7) is 0.941. The van der Waals surface area contributed by atoms with E-state index in [9.17, 15) is 13.6 Å². The second kappa shape index (κ2) is 6.66. The van der Waals surface area contributed by atoms with E-state index in [0.717, 1.165) is 12.1 Å². The van der Waals surface area contributed by atoms with Crippen LogP contribution in [0.15, 0.2) is 39.7 Å². The van der Waals surface area contributed by atoms with Gasteiger partial charge in [-0.1, -0.05) is 11.6 Å². The number of hydrogen-bond donors (Lipinski definition) is 1. The minimum absolute atomic E-state index is 0.0895. The topological polar surface area (TPSA) is 62.1 Å². The molecule has 4 rings (SSSR count). The number of aromatic amines is 1. The highest BCUT2D eigenvalue weighted by molar-refractivity contribution is 6.31. The molecular weight excluding hydrogens is 364 g/mol. The fraction of sp³-hybridized carbons (Fsp3) is 0.222. The van der Waals surface area contributed by atoms with Crippen LogP contribution in [0.4, 0.5) is 8.78 Å². The monoisotopic (exact) mass is 377 g/mol. The molecule has 0 spiro atoms. The Labute approximate surface area is 152 Å². The number of H-pyrrole nitrogens is 1. The smallest absolute Gasteiger partial charge is 0.256 e. The average Bonchev–Trinajstić information content (AvgIpc) is 3.17. The van der Waals surface area contributed by atoms with Crippen molar-refractivity contribution in [1.82, 2.24) is 14.9 Å². The van der Waals surface area contributed by atoms with Gasteiger partial charge in [0.15, 0.2) is 11.6 Å². The minimum atomic E-state index is -0.664. The highest BCUT2D eigenvalue weighted by atomic mass is 35.5. The maximum atomic E-state index is 14.0. The number of nitrogens with one attached hydrogen (secondary N) is 1. The summed E-state index contributed by atoms with van der Waals surface area (Å²) in [4.78, 5) is 21.5. The molecule has 0 amide bonds. The highest BCUT2D eigenvalue weighted by Gasteiger charge is 2.24. The summed E-state index contributed by atoms with van der Waals surface area (Å²) in [7, 11) is 0. The lowest BCUT2D eigenvalue weighted by molar-refractivity contribution is 0.238. The molecule has 1 aliphatic rings. The lowest BCUT2D eigenvalue weighted by atomic mass is 10.1. The van der Waals surface area contributed by atoms with Crippen LogP contribution in [0.1, 0.15) is 16.8 Å². The Balaban J connectivity index is 1.61. The van der Waals surface area contributed by atoms with Crippen molar-refractivity contribution in [3.8, 4) is 11.6 Å². The second-order valence-electron chi connectivity index (χ2n) is 6.10. The molecule has 5 nitrogen and oxygen atoms in total. The summed E-state index contributed by atoms with van der Waals surface area (Å²) in [6, 6.07) is 5.48. The van der Waals surface area contributed by atoms with E-state index in [4.69, 9.17) is 16.0 Å². The molecule has 0 aliphatic carbocycles. The molecule has 1 aromatic carbocycles. The van der Waals surface area contributed by atoms with Gasteiger partial charge in [-0.05, 0) is 24.3 Å². The van der Waals surface area contributed by atoms with E-state index in [0.29, 0.717) is 35.8 Å². The van der Waals surface area contributed by atoms with E-state index >= 15 is 0 Å². The van der Waals surface area contributed by atoms with E-state index in [1.807, 2.05) is 4.90 Å². The normalized spacial score (nSPS) is 14.4. The van der Waals surface area contributed by atoms with Crippen molar-refractivity contribution in [2.75, 3.05) is 6.54 Å². The van der Waals surface area contributed by atoms with Crippen molar-refractivity contribution < 1.29 is 13.2 Å². The lowest BCUT2D eigenvalue weighted by Crippen LogP contribution is -2.35. The second-order valence-corrected chi connectivity index (χ2v) is 6.48. The van der Waals surface area contributed by atoms with Crippen molar-refractivity contribution in [2.45, 2.75) is 19.5 Å². The van der Waals surface area contributed by atoms with Crippen molar-refractivity contribution in [3.63, 3.8) is 0 Å². The quantitative estimate of drug-likeness (QED) is 0.709. The lowest BCUT2D eigenvalue weighted by Gasteiger charge is -2.28. The van der Waals surface area contributed by atoms with Crippen LogP contribution >= 0.6 is 11.6 Å². The number of halogens is 3. The van der Waals surface area contributed by atoms with Crippen LogP contribution in [0.5, 0.6) is 0 Å². The van der Waals surface area contributed by atoms with Crippen LogP contribution in [0.3, 0.4) is 0 Å². The molecular formula is C18H14ClF2N3O2. The van der Waals surface area contributed by atoms with Gasteiger partial charge in [0, 0.05) is 31.6 Å². The SMILES string of the molecule is O=c1[nH]c(-c2ccco2)nc2c1CN(Cc1c(F)ccc(F)c1Cl)CC2. The number of aromatic nitrogens is 2. The molecule has 0 radical (unpaired) electrons. The summed E-state index contributed by atoms with van der Waals surface area (Å²) in [6.07, 6.45) is 2.02. The maximum absolute atomic E-state index is 14.0. The molecule has 0 bridgehead atoms. The summed E-state index contributed by atoms with van der Waals surface area (Å²) in [5, 5.41) is -0.226. The van der Waals surface area contributed by atoms with E-state index in [1.54, 1.807) is 12.1 Å². The van der Waals surface area contributed by atoms with E-state index in [1.165, 1.54) is 6.26 Å². The molecule has 0 unspecified atom stereocenters. The Hall–Kier alpha value is -2.51. The summed E-state index contributed by atoms with van der Waals surface area (Å²) >= 11 is 5.89. The van der Waals surface area contributed by atoms with Gasteiger partial charge >= 0.3 is 0 Å². The third-order valence-electron chi connectivity index (χ3n) is 4.42. The van der Waals surface area contributed by atoms with Crippen LogP contribution in [0, 0.1) is 11.6 Å². The van der Waals surface area contributed by atoms with Gasteiger partial charge in [0.05, 0.1) is 22.5 Å². The number of furan rings is 1. The highest BCUT2D eigenvalue weighted by Crippen LogP contribution is 2.26. The van der Waals surface area contributed by atoms with Crippen LogP contribution in [0.25, 0.3) is 11.6 Å². The molecule has 0 saturated carbocycles. The first-order valence-corrected chi connectivity index (χ1v) is 8.41. The number of rotatable bonds is 3. The van der Waals surface area contributed by atoms with Gasteiger partial charge < -0.3 is 9.40 Å². The molecule has 1 N–H and O–H groups in total. The predicted molar refractivity (Wildman–Crippen MR) is 91.7 cm³/mol. The number of hydrogen-bond acceptors (Lipinski definition) is 4. The molecule has 3 aromatic rings. The van der Waals surface area contributed by atoms with Crippen LogP contribution in [-0.4, -0.2) is 21.4 Å². The Morgan fingerprint density at radius 2 is 2.08 bits per heavy atom. The van der Waals surface area contributed by atoms with Gasteiger partial charge in [0.2, 0.25) is 0 Å². The fourth-order valence-corrected chi connectivity index (χ4v) is 3.30. The van der Waals surface area contributed by atoms with Crippen molar-refractivity contribution >= 4 is 11.6 Å².